The van der Waals surface area contributed by atoms with Crippen molar-refractivity contribution in [2.75, 3.05) is 0 Å². The third kappa shape index (κ3) is 2.56. The van der Waals surface area contributed by atoms with E-state index in [1.807, 2.05) is 13.8 Å². The first-order valence-corrected chi connectivity index (χ1v) is 5.57. The summed E-state index contributed by atoms with van der Waals surface area (Å²) in [5.41, 5.74) is 0.664. The van der Waals surface area contributed by atoms with Gasteiger partial charge in [0, 0.05) is 17.7 Å². The van der Waals surface area contributed by atoms with Gasteiger partial charge in [-0.2, -0.15) is 0 Å². The second-order valence-corrected chi connectivity index (χ2v) is 4.37. The fourth-order valence-electron chi connectivity index (χ4n) is 1.62. The average molecular weight is 248 g/mol. The van der Waals surface area contributed by atoms with Crippen LogP contribution < -0.4 is 5.56 Å². The minimum atomic E-state index is -0.581. The fraction of sp³-hybridized carbons (Fsp3) is 0.231. The van der Waals surface area contributed by atoms with E-state index in [0.29, 0.717) is 11.3 Å². The second kappa shape index (κ2) is 4.60. The zero-order valence-electron chi connectivity index (χ0n) is 10.1. The number of aromatic nitrogens is 2. The van der Waals surface area contributed by atoms with Crippen LogP contribution in [0, 0.1) is 5.82 Å². The van der Waals surface area contributed by atoms with Crippen molar-refractivity contribution in [1.29, 1.82) is 0 Å². The molecular formula is C13H13FN2O2. The van der Waals surface area contributed by atoms with E-state index < -0.39 is 5.82 Å². The van der Waals surface area contributed by atoms with Gasteiger partial charge in [0.2, 0.25) is 0 Å². The van der Waals surface area contributed by atoms with E-state index in [1.165, 1.54) is 18.2 Å². The van der Waals surface area contributed by atoms with Crippen molar-refractivity contribution in [2.24, 2.45) is 0 Å². The van der Waals surface area contributed by atoms with Crippen molar-refractivity contribution < 1.29 is 9.50 Å². The summed E-state index contributed by atoms with van der Waals surface area (Å²) in [7, 11) is 0. The minimum Gasteiger partial charge on any atom is -0.508 e. The standard InChI is InChI=1S/C13H13FN2O2/c1-7(2)11-6-12(18)16-13(15-11)8-3-9(14)5-10(17)4-8/h3-7,17H,1-2H3,(H,15,16,18). The third-order valence-electron chi connectivity index (χ3n) is 2.51. The molecule has 2 rings (SSSR count). The number of H-pyrrole nitrogens is 1. The van der Waals surface area contributed by atoms with Crippen LogP contribution in [0.5, 0.6) is 5.75 Å². The lowest BCUT2D eigenvalue weighted by Gasteiger charge is -2.07. The average Bonchev–Trinajstić information content (AvgIpc) is 2.26. The van der Waals surface area contributed by atoms with Crippen LogP contribution in [0.1, 0.15) is 25.5 Å². The Balaban J connectivity index is 2.60. The number of nitrogens with one attached hydrogen (secondary N) is 1. The molecule has 2 N–H and O–H groups in total. The number of aromatic amines is 1. The molecule has 94 valence electrons. The normalized spacial score (nSPS) is 10.9. The molecule has 0 unspecified atom stereocenters. The molecule has 0 radical (unpaired) electrons. The molecule has 0 spiro atoms. The SMILES string of the molecule is CC(C)c1cc(=O)[nH]c(-c2cc(O)cc(F)c2)n1. The zero-order chi connectivity index (χ0) is 13.3. The molecule has 0 aliphatic carbocycles. The Morgan fingerprint density at radius 3 is 2.61 bits per heavy atom. The summed E-state index contributed by atoms with van der Waals surface area (Å²) in [5.74, 6) is -0.445. The van der Waals surface area contributed by atoms with Gasteiger partial charge in [0.25, 0.3) is 5.56 Å². The van der Waals surface area contributed by atoms with Gasteiger partial charge in [-0.15, -0.1) is 0 Å². The highest BCUT2D eigenvalue weighted by molar-refractivity contribution is 5.57. The van der Waals surface area contributed by atoms with Gasteiger partial charge in [0.05, 0.1) is 5.69 Å². The monoisotopic (exact) mass is 248 g/mol. The number of hydrogen-bond donors (Lipinski definition) is 2. The molecule has 2 aromatic rings. The Kier molecular flexibility index (Phi) is 3.14. The van der Waals surface area contributed by atoms with Gasteiger partial charge in [0.1, 0.15) is 17.4 Å². The van der Waals surface area contributed by atoms with E-state index in [2.05, 4.69) is 9.97 Å². The number of phenols is 1. The molecule has 1 aromatic carbocycles. The van der Waals surface area contributed by atoms with E-state index in [9.17, 15) is 14.3 Å². The van der Waals surface area contributed by atoms with Gasteiger partial charge < -0.3 is 10.1 Å². The second-order valence-electron chi connectivity index (χ2n) is 4.37. The van der Waals surface area contributed by atoms with E-state index >= 15 is 0 Å². The molecule has 1 heterocycles. The maximum atomic E-state index is 13.2. The molecule has 0 aliphatic rings. The Morgan fingerprint density at radius 2 is 2.00 bits per heavy atom. The molecule has 4 nitrogen and oxygen atoms in total. The van der Waals surface area contributed by atoms with E-state index in [1.54, 1.807) is 0 Å². The lowest BCUT2D eigenvalue weighted by molar-refractivity contribution is 0.469. The summed E-state index contributed by atoms with van der Waals surface area (Å²) in [5, 5.41) is 9.34. The molecule has 0 fully saturated rings. The number of phenolic OH excluding ortho intramolecular Hbond substituents is 1. The predicted molar refractivity (Wildman–Crippen MR) is 66.0 cm³/mol. The lowest BCUT2D eigenvalue weighted by atomic mass is 10.1. The highest BCUT2D eigenvalue weighted by atomic mass is 19.1. The van der Waals surface area contributed by atoms with Gasteiger partial charge in [0.15, 0.2) is 0 Å². The highest BCUT2D eigenvalue weighted by Crippen LogP contribution is 2.22. The van der Waals surface area contributed by atoms with Gasteiger partial charge in [-0.1, -0.05) is 13.8 Å². The third-order valence-corrected chi connectivity index (χ3v) is 2.51. The van der Waals surface area contributed by atoms with Crippen molar-refractivity contribution in [3.63, 3.8) is 0 Å². The molecule has 0 bridgehead atoms. The van der Waals surface area contributed by atoms with Crippen molar-refractivity contribution >= 4 is 0 Å². The van der Waals surface area contributed by atoms with Crippen LogP contribution in [0.4, 0.5) is 4.39 Å². The molecule has 0 atom stereocenters. The number of benzene rings is 1. The number of hydrogen-bond acceptors (Lipinski definition) is 3. The van der Waals surface area contributed by atoms with Crippen LogP contribution in [0.25, 0.3) is 11.4 Å². The van der Waals surface area contributed by atoms with Crippen LogP contribution in [-0.4, -0.2) is 15.1 Å². The fourth-order valence-corrected chi connectivity index (χ4v) is 1.62. The first-order valence-electron chi connectivity index (χ1n) is 5.57. The van der Waals surface area contributed by atoms with Crippen LogP contribution >= 0.6 is 0 Å². The Hall–Kier alpha value is -2.17. The number of aromatic hydroxyl groups is 1. The summed E-state index contributed by atoms with van der Waals surface area (Å²) in [6.45, 7) is 3.82. The molecule has 0 saturated heterocycles. The Morgan fingerprint density at radius 1 is 1.28 bits per heavy atom. The zero-order valence-corrected chi connectivity index (χ0v) is 10.1. The smallest absolute Gasteiger partial charge is 0.251 e. The lowest BCUT2D eigenvalue weighted by Crippen LogP contribution is -2.11. The van der Waals surface area contributed by atoms with Crippen LogP contribution in [0.2, 0.25) is 0 Å². The summed E-state index contributed by atoms with van der Waals surface area (Å²) in [6.07, 6.45) is 0. The molecule has 1 aromatic heterocycles. The molecule has 0 saturated carbocycles. The topological polar surface area (TPSA) is 66.0 Å². The molecule has 18 heavy (non-hydrogen) atoms. The van der Waals surface area contributed by atoms with E-state index in [-0.39, 0.29) is 23.1 Å². The summed E-state index contributed by atoms with van der Waals surface area (Å²) in [4.78, 5) is 18.3. The summed E-state index contributed by atoms with van der Waals surface area (Å²) < 4.78 is 13.2. The highest BCUT2D eigenvalue weighted by Gasteiger charge is 2.09. The quantitative estimate of drug-likeness (QED) is 0.857. The number of halogens is 1. The van der Waals surface area contributed by atoms with Crippen molar-refractivity contribution in [3.8, 4) is 17.1 Å². The van der Waals surface area contributed by atoms with Crippen LogP contribution in [0.15, 0.2) is 29.1 Å². The largest absolute Gasteiger partial charge is 0.508 e. The molecule has 0 aliphatic heterocycles. The Labute approximate surface area is 103 Å². The maximum absolute atomic E-state index is 13.2. The number of nitrogens with zero attached hydrogens (tertiary/aromatic N) is 1. The summed E-state index contributed by atoms with van der Waals surface area (Å²) >= 11 is 0. The van der Waals surface area contributed by atoms with Crippen molar-refractivity contribution in [3.05, 3.63) is 46.1 Å². The van der Waals surface area contributed by atoms with Gasteiger partial charge in [-0.25, -0.2) is 9.37 Å². The molecular weight excluding hydrogens is 235 g/mol. The van der Waals surface area contributed by atoms with E-state index in [0.717, 1.165) is 6.07 Å². The van der Waals surface area contributed by atoms with Crippen LogP contribution in [0.3, 0.4) is 0 Å². The van der Waals surface area contributed by atoms with Gasteiger partial charge >= 0.3 is 0 Å². The van der Waals surface area contributed by atoms with Gasteiger partial charge in [-0.05, 0) is 18.1 Å². The number of rotatable bonds is 2. The van der Waals surface area contributed by atoms with Crippen molar-refractivity contribution in [1.82, 2.24) is 9.97 Å². The molecule has 0 amide bonds. The van der Waals surface area contributed by atoms with Gasteiger partial charge in [-0.3, -0.25) is 4.79 Å². The first kappa shape index (κ1) is 12.3. The summed E-state index contributed by atoms with van der Waals surface area (Å²) in [6, 6.07) is 4.97. The molecule has 5 heteroatoms. The minimum absolute atomic E-state index is 0.0909. The maximum Gasteiger partial charge on any atom is 0.251 e. The van der Waals surface area contributed by atoms with Crippen LogP contribution in [-0.2, 0) is 0 Å². The van der Waals surface area contributed by atoms with Crippen molar-refractivity contribution in [2.45, 2.75) is 19.8 Å². The first-order chi connectivity index (χ1) is 8.45. The Bertz CT molecular complexity index is 615. The van der Waals surface area contributed by atoms with E-state index in [4.69, 9.17) is 0 Å². The predicted octanol–water partition coefficient (Wildman–Crippen LogP) is 2.41.